The molecule has 5 heteroatoms. The molecule has 0 spiro atoms. The first-order chi connectivity index (χ1) is 11.2. The highest BCUT2D eigenvalue weighted by molar-refractivity contribution is 6.30. The van der Waals surface area contributed by atoms with Gasteiger partial charge >= 0.3 is 0 Å². The second-order valence-corrected chi connectivity index (χ2v) is 6.28. The Morgan fingerprint density at radius 3 is 2.74 bits per heavy atom. The third-order valence-corrected chi connectivity index (χ3v) is 4.42. The Hall–Kier alpha value is -1.62. The topological polar surface area (TPSA) is 54.4 Å². The van der Waals surface area contributed by atoms with Crippen LogP contribution in [0.3, 0.4) is 0 Å². The van der Waals surface area contributed by atoms with Crippen LogP contribution in [0.1, 0.15) is 25.0 Å². The maximum atomic E-state index is 10.6. The van der Waals surface area contributed by atoms with E-state index in [1.54, 1.807) is 18.3 Å². The minimum Gasteiger partial charge on any atom is -0.488 e. The number of rotatable bonds is 5. The predicted molar refractivity (Wildman–Crippen MR) is 90.6 cm³/mol. The number of hydrogen-bond acceptors (Lipinski definition) is 4. The zero-order valence-electron chi connectivity index (χ0n) is 12.9. The molecule has 2 N–H and O–H groups in total. The van der Waals surface area contributed by atoms with Crippen molar-refractivity contribution in [2.75, 3.05) is 0 Å². The second-order valence-electron chi connectivity index (χ2n) is 5.84. The van der Waals surface area contributed by atoms with E-state index in [9.17, 15) is 5.11 Å². The zero-order chi connectivity index (χ0) is 16.1. The average molecular weight is 333 g/mol. The molecule has 0 amide bonds. The molecule has 3 rings (SSSR count). The molecule has 1 aromatic heterocycles. The van der Waals surface area contributed by atoms with Crippen LogP contribution in [0.5, 0.6) is 5.75 Å². The number of nitrogens with one attached hydrogen (secondary N) is 1. The van der Waals surface area contributed by atoms with E-state index in [2.05, 4.69) is 10.3 Å². The standard InChI is InChI=1S/C18H21ClN2O2/c19-13-7-9-15(10-8-13)23-17-6-3-5-16(18(17)22)21-12-14-4-1-2-11-20-14/h1-2,4,7-11,16-18,21-22H,3,5-6,12H2/t16-,17+,18+/m0/s1. The van der Waals surface area contributed by atoms with Gasteiger partial charge in [-0.2, -0.15) is 0 Å². The maximum absolute atomic E-state index is 10.6. The van der Waals surface area contributed by atoms with Crippen LogP contribution in [0.2, 0.25) is 5.02 Å². The molecule has 1 heterocycles. The van der Waals surface area contributed by atoms with E-state index < -0.39 is 6.10 Å². The van der Waals surface area contributed by atoms with E-state index >= 15 is 0 Å². The fourth-order valence-electron chi connectivity index (χ4n) is 2.92. The first-order valence-corrected chi connectivity index (χ1v) is 8.34. The third-order valence-electron chi connectivity index (χ3n) is 4.17. The minimum absolute atomic E-state index is 0.0167. The number of hydrogen-bond donors (Lipinski definition) is 2. The highest BCUT2D eigenvalue weighted by atomic mass is 35.5. The van der Waals surface area contributed by atoms with Crippen molar-refractivity contribution in [3.8, 4) is 5.75 Å². The third kappa shape index (κ3) is 4.44. The van der Waals surface area contributed by atoms with Crippen molar-refractivity contribution in [2.24, 2.45) is 0 Å². The Bertz CT molecular complexity index is 606. The summed E-state index contributed by atoms with van der Waals surface area (Å²) >= 11 is 5.88. The van der Waals surface area contributed by atoms with Crippen LogP contribution < -0.4 is 10.1 Å². The van der Waals surface area contributed by atoms with Crippen molar-refractivity contribution in [2.45, 2.75) is 44.1 Å². The summed E-state index contributed by atoms with van der Waals surface area (Å²) in [5.41, 5.74) is 0.973. The summed E-state index contributed by atoms with van der Waals surface area (Å²) in [6, 6.07) is 13.1. The first kappa shape index (κ1) is 16.2. The second kappa shape index (κ2) is 7.77. The smallest absolute Gasteiger partial charge is 0.126 e. The van der Waals surface area contributed by atoms with Gasteiger partial charge in [-0.15, -0.1) is 0 Å². The fraction of sp³-hybridized carbons (Fsp3) is 0.389. The van der Waals surface area contributed by atoms with E-state index in [0.717, 1.165) is 30.7 Å². The molecule has 0 unspecified atom stereocenters. The van der Waals surface area contributed by atoms with Crippen molar-refractivity contribution in [3.05, 3.63) is 59.4 Å². The molecule has 2 aromatic rings. The normalized spacial score (nSPS) is 24.3. The predicted octanol–water partition coefficient (Wildman–Crippen LogP) is 3.19. The van der Waals surface area contributed by atoms with E-state index in [1.807, 2.05) is 30.3 Å². The van der Waals surface area contributed by atoms with Crippen molar-refractivity contribution < 1.29 is 9.84 Å². The molecule has 23 heavy (non-hydrogen) atoms. The average Bonchev–Trinajstić information content (AvgIpc) is 2.58. The van der Waals surface area contributed by atoms with Gasteiger partial charge in [-0.05, 0) is 55.7 Å². The number of aliphatic hydroxyl groups excluding tert-OH is 1. The fourth-order valence-corrected chi connectivity index (χ4v) is 3.04. The van der Waals surface area contributed by atoms with Crippen molar-refractivity contribution in [1.29, 1.82) is 0 Å². The number of aliphatic hydroxyl groups is 1. The van der Waals surface area contributed by atoms with Gasteiger partial charge in [0.15, 0.2) is 0 Å². The van der Waals surface area contributed by atoms with Crippen LogP contribution in [0.4, 0.5) is 0 Å². The lowest BCUT2D eigenvalue weighted by Gasteiger charge is -2.35. The molecule has 4 nitrogen and oxygen atoms in total. The first-order valence-electron chi connectivity index (χ1n) is 7.96. The van der Waals surface area contributed by atoms with Crippen LogP contribution in [-0.4, -0.2) is 28.3 Å². The molecule has 1 aliphatic rings. The number of pyridine rings is 1. The number of benzene rings is 1. The lowest BCUT2D eigenvalue weighted by atomic mass is 9.89. The quantitative estimate of drug-likeness (QED) is 0.883. The van der Waals surface area contributed by atoms with Crippen LogP contribution in [0, 0.1) is 0 Å². The Morgan fingerprint density at radius 1 is 1.17 bits per heavy atom. The summed E-state index contributed by atoms with van der Waals surface area (Å²) in [6.07, 6.45) is 3.85. The monoisotopic (exact) mass is 332 g/mol. The van der Waals surface area contributed by atoms with Crippen molar-refractivity contribution in [3.63, 3.8) is 0 Å². The van der Waals surface area contributed by atoms with Crippen LogP contribution in [-0.2, 0) is 6.54 Å². The lowest BCUT2D eigenvalue weighted by molar-refractivity contribution is -0.0158. The summed E-state index contributed by atoms with van der Waals surface area (Å²) in [7, 11) is 0. The van der Waals surface area contributed by atoms with Gasteiger partial charge in [-0.1, -0.05) is 17.7 Å². The van der Waals surface area contributed by atoms with E-state index in [1.165, 1.54) is 0 Å². The Morgan fingerprint density at radius 2 is 2.00 bits per heavy atom. The lowest BCUT2D eigenvalue weighted by Crippen LogP contribution is -2.51. The van der Waals surface area contributed by atoms with Crippen LogP contribution in [0.25, 0.3) is 0 Å². The summed E-state index contributed by atoms with van der Waals surface area (Å²) in [6.45, 7) is 0.649. The van der Waals surface area contributed by atoms with Gasteiger partial charge in [-0.3, -0.25) is 4.98 Å². The molecule has 0 radical (unpaired) electrons. The van der Waals surface area contributed by atoms with Gasteiger partial charge < -0.3 is 15.2 Å². The highest BCUT2D eigenvalue weighted by Crippen LogP contribution is 2.25. The molecule has 1 aliphatic carbocycles. The maximum Gasteiger partial charge on any atom is 0.126 e. The molecule has 122 valence electrons. The molecule has 0 aliphatic heterocycles. The number of ether oxygens (including phenoxy) is 1. The van der Waals surface area contributed by atoms with Crippen molar-refractivity contribution in [1.82, 2.24) is 10.3 Å². The Balaban J connectivity index is 1.57. The zero-order valence-corrected chi connectivity index (χ0v) is 13.6. The molecule has 3 atom stereocenters. The molecule has 0 bridgehead atoms. The largest absolute Gasteiger partial charge is 0.488 e. The Labute approximate surface area is 141 Å². The summed E-state index contributed by atoms with van der Waals surface area (Å²) in [5.74, 6) is 0.740. The molecule has 1 saturated carbocycles. The van der Waals surface area contributed by atoms with Crippen molar-refractivity contribution >= 4 is 11.6 Å². The molecule has 0 saturated heterocycles. The SMILES string of the molecule is O[C@@H]1[C@@H](NCc2ccccn2)CCC[C@H]1Oc1ccc(Cl)cc1. The summed E-state index contributed by atoms with van der Waals surface area (Å²) < 4.78 is 5.94. The number of nitrogens with zero attached hydrogens (tertiary/aromatic N) is 1. The van der Waals surface area contributed by atoms with Gasteiger partial charge in [0, 0.05) is 23.8 Å². The van der Waals surface area contributed by atoms with Gasteiger partial charge in [0.2, 0.25) is 0 Å². The number of halogens is 1. The van der Waals surface area contributed by atoms with Crippen LogP contribution in [0.15, 0.2) is 48.7 Å². The van der Waals surface area contributed by atoms with Gasteiger partial charge in [0.05, 0.1) is 5.69 Å². The van der Waals surface area contributed by atoms with Crippen LogP contribution >= 0.6 is 11.6 Å². The van der Waals surface area contributed by atoms with E-state index in [0.29, 0.717) is 11.6 Å². The molecular formula is C18H21ClN2O2. The van der Waals surface area contributed by atoms with Gasteiger partial charge in [0.25, 0.3) is 0 Å². The molecular weight excluding hydrogens is 312 g/mol. The summed E-state index contributed by atoms with van der Waals surface area (Å²) in [4.78, 5) is 4.30. The van der Waals surface area contributed by atoms with E-state index in [-0.39, 0.29) is 12.1 Å². The van der Waals surface area contributed by atoms with Gasteiger partial charge in [0.1, 0.15) is 18.0 Å². The highest BCUT2D eigenvalue weighted by Gasteiger charge is 2.33. The molecule has 1 aromatic carbocycles. The Kier molecular flexibility index (Phi) is 5.49. The summed E-state index contributed by atoms with van der Waals surface area (Å²) in [5, 5.41) is 14.7. The molecule has 1 fully saturated rings. The van der Waals surface area contributed by atoms with E-state index in [4.69, 9.17) is 16.3 Å². The minimum atomic E-state index is -0.539. The number of aromatic nitrogens is 1. The van der Waals surface area contributed by atoms with Gasteiger partial charge in [-0.25, -0.2) is 0 Å².